The summed E-state index contributed by atoms with van der Waals surface area (Å²) in [5.74, 6) is 0.592. The molecular formula is C25H22FNO4S. The minimum absolute atomic E-state index is 0.111. The fraction of sp³-hybridized carbons (Fsp3) is 0.200. The highest BCUT2D eigenvalue weighted by Crippen LogP contribution is 2.37. The molecule has 4 rings (SSSR count). The van der Waals surface area contributed by atoms with Gasteiger partial charge in [0.1, 0.15) is 23.9 Å². The lowest BCUT2D eigenvalue weighted by molar-refractivity contribution is -0.136. The number of hydrogen-bond acceptors (Lipinski definition) is 5. The number of rotatable bonds is 8. The highest BCUT2D eigenvalue weighted by Gasteiger charge is 2.39. The van der Waals surface area contributed by atoms with E-state index in [1.807, 2.05) is 38.1 Å². The fourth-order valence-corrected chi connectivity index (χ4v) is 4.60. The molecule has 7 heteroatoms. The molecule has 0 aliphatic carbocycles. The van der Waals surface area contributed by atoms with Crippen molar-refractivity contribution < 1.29 is 23.1 Å². The van der Waals surface area contributed by atoms with E-state index in [-0.39, 0.29) is 24.6 Å². The van der Waals surface area contributed by atoms with Crippen molar-refractivity contribution in [1.29, 1.82) is 0 Å². The van der Waals surface area contributed by atoms with Crippen molar-refractivity contribution in [2.75, 3.05) is 13.2 Å². The molecule has 0 saturated carbocycles. The maximum Gasteiger partial charge on any atom is 0.268 e. The number of ether oxygens (including phenoxy) is 1. The Morgan fingerprint density at radius 1 is 1.00 bits per heavy atom. The second kappa shape index (κ2) is 9.44. The van der Waals surface area contributed by atoms with E-state index in [0.29, 0.717) is 27.7 Å². The Balaban J connectivity index is 1.53. The summed E-state index contributed by atoms with van der Waals surface area (Å²) in [5.41, 5.74) is 2.93. The van der Waals surface area contributed by atoms with E-state index in [1.54, 1.807) is 12.3 Å². The molecular weight excluding hydrogens is 429 g/mol. The summed E-state index contributed by atoms with van der Waals surface area (Å²) < 4.78 is 24.6. The van der Waals surface area contributed by atoms with Gasteiger partial charge in [0, 0.05) is 0 Å². The van der Waals surface area contributed by atoms with Crippen molar-refractivity contribution in [3.63, 3.8) is 0 Å². The number of carbonyl (C=O) groups is 2. The molecule has 2 heterocycles. The molecule has 3 aromatic rings. The van der Waals surface area contributed by atoms with Crippen molar-refractivity contribution in [3.8, 4) is 5.75 Å². The third-order valence-corrected chi connectivity index (χ3v) is 6.07. The lowest BCUT2D eigenvalue weighted by Gasteiger charge is -2.16. The minimum atomic E-state index is -0.410. The van der Waals surface area contributed by atoms with Crippen LogP contribution in [-0.4, -0.2) is 29.9 Å². The second-order valence-electron chi connectivity index (χ2n) is 7.51. The molecule has 0 atom stereocenters. The summed E-state index contributed by atoms with van der Waals surface area (Å²) in [5, 5.41) is 0. The van der Waals surface area contributed by atoms with Crippen LogP contribution < -0.4 is 4.74 Å². The van der Waals surface area contributed by atoms with Gasteiger partial charge in [0.05, 0.1) is 29.0 Å². The number of amides is 2. The van der Waals surface area contributed by atoms with Crippen LogP contribution in [0.3, 0.4) is 0 Å². The number of carbonyl (C=O) groups excluding carboxylic acids is 2. The van der Waals surface area contributed by atoms with Gasteiger partial charge in [-0.3, -0.25) is 14.5 Å². The molecule has 0 spiro atoms. The van der Waals surface area contributed by atoms with Crippen molar-refractivity contribution in [3.05, 3.63) is 94.0 Å². The number of hydrogen-bond donors (Lipinski definition) is 0. The first-order valence-corrected chi connectivity index (χ1v) is 11.1. The normalized spacial score (nSPS) is 13.9. The van der Waals surface area contributed by atoms with E-state index >= 15 is 0 Å². The lowest BCUT2D eigenvalue weighted by Crippen LogP contribution is -2.35. The van der Waals surface area contributed by atoms with Crippen LogP contribution in [0.1, 0.15) is 22.5 Å². The van der Waals surface area contributed by atoms with E-state index in [1.165, 1.54) is 40.9 Å². The first-order valence-electron chi connectivity index (χ1n) is 10.1. The highest BCUT2D eigenvalue weighted by molar-refractivity contribution is 8.03. The molecule has 0 fully saturated rings. The van der Waals surface area contributed by atoms with Crippen LogP contribution in [0.4, 0.5) is 4.39 Å². The molecule has 2 aromatic carbocycles. The number of nitrogens with zero attached hydrogens (tertiary/aromatic N) is 1. The van der Waals surface area contributed by atoms with Crippen molar-refractivity contribution in [1.82, 2.24) is 4.90 Å². The molecule has 164 valence electrons. The Morgan fingerprint density at radius 2 is 1.72 bits per heavy atom. The van der Waals surface area contributed by atoms with Crippen LogP contribution in [0, 0.1) is 19.7 Å². The molecule has 1 aliphatic heterocycles. The average Bonchev–Trinajstić information content (AvgIpc) is 3.34. The maximum absolute atomic E-state index is 13.4. The summed E-state index contributed by atoms with van der Waals surface area (Å²) in [7, 11) is 0. The van der Waals surface area contributed by atoms with E-state index in [4.69, 9.17) is 9.15 Å². The summed E-state index contributed by atoms with van der Waals surface area (Å²) in [6, 6.07) is 15.0. The SMILES string of the molecule is Cc1cc(C)cc(OCCN2C(=O)C(SCc3ccco3)=C(c3ccc(F)cc3)C2=O)c1. The van der Waals surface area contributed by atoms with Crippen LogP contribution in [0.5, 0.6) is 5.75 Å². The number of benzene rings is 2. The third kappa shape index (κ3) is 4.78. The Morgan fingerprint density at radius 3 is 2.38 bits per heavy atom. The molecule has 0 unspecified atom stereocenters. The summed E-state index contributed by atoms with van der Waals surface area (Å²) in [4.78, 5) is 27.8. The molecule has 5 nitrogen and oxygen atoms in total. The summed E-state index contributed by atoms with van der Waals surface area (Å²) in [6.45, 7) is 4.25. The molecule has 1 aromatic heterocycles. The molecule has 0 radical (unpaired) electrons. The minimum Gasteiger partial charge on any atom is -0.492 e. The van der Waals surface area contributed by atoms with Gasteiger partial charge in [-0.2, -0.15) is 0 Å². The van der Waals surface area contributed by atoms with E-state index in [9.17, 15) is 14.0 Å². The Labute approximate surface area is 189 Å². The van der Waals surface area contributed by atoms with Gasteiger partial charge in [-0.1, -0.05) is 18.2 Å². The monoisotopic (exact) mass is 451 g/mol. The van der Waals surface area contributed by atoms with E-state index < -0.39 is 11.7 Å². The number of halogens is 1. The maximum atomic E-state index is 13.4. The van der Waals surface area contributed by atoms with E-state index in [2.05, 4.69) is 0 Å². The molecule has 1 aliphatic rings. The van der Waals surface area contributed by atoms with Crippen LogP contribution in [0.2, 0.25) is 0 Å². The Bertz CT molecular complexity index is 1150. The van der Waals surface area contributed by atoms with E-state index in [0.717, 1.165) is 11.1 Å². The topological polar surface area (TPSA) is 59.8 Å². The van der Waals surface area contributed by atoms with Crippen molar-refractivity contribution in [2.45, 2.75) is 19.6 Å². The fourth-order valence-electron chi connectivity index (χ4n) is 3.57. The van der Waals surface area contributed by atoms with Gasteiger partial charge < -0.3 is 9.15 Å². The smallest absolute Gasteiger partial charge is 0.268 e. The molecule has 32 heavy (non-hydrogen) atoms. The average molecular weight is 452 g/mol. The van der Waals surface area contributed by atoms with Gasteiger partial charge in [-0.15, -0.1) is 11.8 Å². The molecule has 0 N–H and O–H groups in total. The number of furan rings is 1. The van der Waals surface area contributed by atoms with Gasteiger partial charge in [0.15, 0.2) is 0 Å². The summed E-state index contributed by atoms with van der Waals surface area (Å²) in [6.07, 6.45) is 1.56. The largest absolute Gasteiger partial charge is 0.492 e. The zero-order valence-corrected chi connectivity index (χ0v) is 18.6. The van der Waals surface area contributed by atoms with Crippen LogP contribution in [-0.2, 0) is 15.3 Å². The third-order valence-electron chi connectivity index (χ3n) is 4.98. The second-order valence-corrected chi connectivity index (χ2v) is 8.50. The van der Waals surface area contributed by atoms with Gasteiger partial charge in [-0.05, 0) is 66.9 Å². The quantitative estimate of drug-likeness (QED) is 0.445. The zero-order valence-electron chi connectivity index (χ0n) is 17.8. The van der Waals surface area contributed by atoms with Crippen molar-refractivity contribution in [2.24, 2.45) is 0 Å². The highest BCUT2D eigenvalue weighted by atomic mass is 32.2. The van der Waals surface area contributed by atoms with Gasteiger partial charge in [-0.25, -0.2) is 4.39 Å². The predicted molar refractivity (Wildman–Crippen MR) is 121 cm³/mol. The Hall–Kier alpha value is -3.32. The van der Waals surface area contributed by atoms with Crippen molar-refractivity contribution >= 4 is 29.1 Å². The first kappa shape index (κ1) is 21.9. The van der Waals surface area contributed by atoms with Crippen LogP contribution >= 0.6 is 11.8 Å². The number of aryl methyl sites for hydroxylation is 2. The van der Waals surface area contributed by atoms with Crippen LogP contribution in [0.15, 0.2) is 70.2 Å². The zero-order chi connectivity index (χ0) is 22.7. The Kier molecular flexibility index (Phi) is 6.46. The van der Waals surface area contributed by atoms with Gasteiger partial charge >= 0.3 is 0 Å². The van der Waals surface area contributed by atoms with Gasteiger partial charge in [0.25, 0.3) is 11.8 Å². The van der Waals surface area contributed by atoms with Gasteiger partial charge in [0.2, 0.25) is 0 Å². The standard InChI is InChI=1S/C25H22FNO4S/c1-16-12-17(2)14-21(13-16)31-11-9-27-24(28)22(18-5-7-19(26)8-6-18)23(25(27)29)32-15-20-4-3-10-30-20/h3-8,10,12-14H,9,11,15H2,1-2H3. The first-order chi connectivity index (χ1) is 15.4. The number of thioether (sulfide) groups is 1. The lowest BCUT2D eigenvalue weighted by atomic mass is 10.1. The predicted octanol–water partition coefficient (Wildman–Crippen LogP) is 5.13. The molecule has 0 saturated heterocycles. The molecule has 0 bridgehead atoms. The molecule has 2 amide bonds. The summed E-state index contributed by atoms with van der Waals surface area (Å²) >= 11 is 1.24. The van der Waals surface area contributed by atoms with Crippen LogP contribution in [0.25, 0.3) is 5.57 Å². The number of imide groups is 1.